The molecule has 2 aromatic carbocycles. The van der Waals surface area contributed by atoms with Crippen molar-refractivity contribution in [2.75, 3.05) is 6.54 Å². The molecule has 5 rings (SSSR count). The van der Waals surface area contributed by atoms with Crippen LogP contribution < -0.4 is 16.6 Å². The fourth-order valence-corrected chi connectivity index (χ4v) is 4.86. The average molecular weight is 442 g/mol. The van der Waals surface area contributed by atoms with Gasteiger partial charge in [0.05, 0.1) is 11.2 Å². The molecule has 0 bridgehead atoms. The average Bonchev–Trinajstić information content (AvgIpc) is 3.49. The molecule has 168 valence electrons. The number of hydrogen-bond donors (Lipinski definition) is 4. The molecule has 2 aliphatic rings. The molecule has 0 saturated heterocycles. The topological polar surface area (TPSA) is 82.9 Å². The monoisotopic (exact) mass is 442 g/mol. The van der Waals surface area contributed by atoms with E-state index in [0.29, 0.717) is 23.5 Å². The zero-order valence-corrected chi connectivity index (χ0v) is 17.4. The van der Waals surface area contributed by atoms with Crippen molar-refractivity contribution in [1.29, 1.82) is 0 Å². The number of H-pyrrole nitrogens is 1. The van der Waals surface area contributed by atoms with Crippen LogP contribution in [0.5, 0.6) is 0 Å². The smallest absolute Gasteiger partial charge is 0.238 e. The first-order valence-corrected chi connectivity index (χ1v) is 10.9. The maximum absolute atomic E-state index is 14.5. The van der Waals surface area contributed by atoms with Crippen LogP contribution in [-0.4, -0.2) is 23.5 Å². The Labute approximate surface area is 183 Å². The maximum Gasteiger partial charge on any atom is 0.238 e. The van der Waals surface area contributed by atoms with Crippen LogP contribution in [-0.2, 0) is 4.79 Å². The second-order valence-electron chi connectivity index (χ2n) is 8.99. The molecule has 1 amide bonds. The molecule has 1 heterocycles. The fraction of sp³-hybridized carbons (Fsp3) is 0.375. The van der Waals surface area contributed by atoms with Gasteiger partial charge in [0.25, 0.3) is 0 Å². The van der Waals surface area contributed by atoms with E-state index in [1.54, 1.807) is 12.1 Å². The lowest BCUT2D eigenvalue weighted by atomic mass is 9.70. The lowest BCUT2D eigenvalue weighted by Gasteiger charge is -2.36. The van der Waals surface area contributed by atoms with Gasteiger partial charge in [0, 0.05) is 18.0 Å². The molecular weight excluding hydrogens is 417 g/mol. The van der Waals surface area contributed by atoms with E-state index in [1.165, 1.54) is 18.2 Å². The van der Waals surface area contributed by atoms with Gasteiger partial charge < -0.3 is 10.3 Å². The van der Waals surface area contributed by atoms with Crippen molar-refractivity contribution in [3.8, 4) is 11.3 Å². The summed E-state index contributed by atoms with van der Waals surface area (Å²) in [5, 5.41) is 3.49. The standard InChI is InChI=1S/C24H25F3N4O/c25-16-5-3-13(4-6-16)21-20(18-9-17(26)10-19(27)23(18)30-21)15-7-12(8-15)11-29-24(32)22(31-28)14-1-2-14/h3-6,9-10,12,14-15,22,30-31H,1-2,7-8,11,28H2,(H,29,32)/t12?,15?,22-/m0/s1. The highest BCUT2D eigenvalue weighted by Gasteiger charge is 2.38. The number of hydrazine groups is 1. The van der Waals surface area contributed by atoms with Gasteiger partial charge in [0.1, 0.15) is 23.5 Å². The van der Waals surface area contributed by atoms with Crippen LogP contribution in [0, 0.1) is 29.3 Å². The van der Waals surface area contributed by atoms with E-state index in [-0.39, 0.29) is 35.1 Å². The van der Waals surface area contributed by atoms with Gasteiger partial charge in [-0.25, -0.2) is 18.6 Å². The van der Waals surface area contributed by atoms with Crippen LogP contribution in [0.25, 0.3) is 22.2 Å². The quantitative estimate of drug-likeness (QED) is 0.328. The molecule has 0 aliphatic heterocycles. The highest BCUT2D eigenvalue weighted by atomic mass is 19.1. The summed E-state index contributed by atoms with van der Waals surface area (Å²) in [6.07, 6.45) is 3.58. The summed E-state index contributed by atoms with van der Waals surface area (Å²) in [6, 6.07) is 7.82. The van der Waals surface area contributed by atoms with Crippen LogP contribution >= 0.6 is 0 Å². The first kappa shape index (κ1) is 21.0. The first-order chi connectivity index (χ1) is 15.4. The number of halogens is 3. The molecule has 0 spiro atoms. The normalized spacial score (nSPS) is 21.4. The minimum atomic E-state index is -0.654. The Morgan fingerprint density at radius 3 is 2.47 bits per heavy atom. The van der Waals surface area contributed by atoms with E-state index >= 15 is 0 Å². The van der Waals surface area contributed by atoms with Crippen LogP contribution in [0.2, 0.25) is 0 Å². The third kappa shape index (κ3) is 3.89. The van der Waals surface area contributed by atoms with Gasteiger partial charge in [-0.15, -0.1) is 0 Å². The number of carbonyl (C=O) groups is 1. The lowest BCUT2D eigenvalue weighted by molar-refractivity contribution is -0.124. The second-order valence-corrected chi connectivity index (χ2v) is 8.99. The number of amides is 1. The second kappa shape index (κ2) is 8.26. The summed E-state index contributed by atoms with van der Waals surface area (Å²) >= 11 is 0. The number of hydrogen-bond acceptors (Lipinski definition) is 3. The van der Waals surface area contributed by atoms with Crippen LogP contribution in [0.3, 0.4) is 0 Å². The van der Waals surface area contributed by atoms with E-state index in [0.717, 1.165) is 42.9 Å². The number of carbonyl (C=O) groups excluding carboxylic acids is 1. The number of nitrogens with one attached hydrogen (secondary N) is 3. The highest BCUT2D eigenvalue weighted by Crippen LogP contribution is 2.48. The molecule has 2 aliphatic carbocycles. The molecule has 5 nitrogen and oxygen atoms in total. The number of nitrogens with two attached hydrogens (primary N) is 1. The van der Waals surface area contributed by atoms with Gasteiger partial charge in [-0.3, -0.25) is 10.6 Å². The molecule has 0 radical (unpaired) electrons. The van der Waals surface area contributed by atoms with Crippen molar-refractivity contribution in [1.82, 2.24) is 15.7 Å². The Morgan fingerprint density at radius 2 is 1.81 bits per heavy atom. The fourth-order valence-electron chi connectivity index (χ4n) is 4.86. The van der Waals surface area contributed by atoms with E-state index < -0.39 is 11.6 Å². The zero-order valence-electron chi connectivity index (χ0n) is 17.4. The Balaban J connectivity index is 1.36. The molecule has 2 fully saturated rings. The van der Waals surface area contributed by atoms with Crippen molar-refractivity contribution in [2.45, 2.75) is 37.6 Å². The van der Waals surface area contributed by atoms with E-state index in [2.05, 4.69) is 15.7 Å². The zero-order chi connectivity index (χ0) is 22.4. The lowest BCUT2D eigenvalue weighted by Crippen LogP contribution is -2.50. The van der Waals surface area contributed by atoms with E-state index in [4.69, 9.17) is 5.84 Å². The third-order valence-electron chi connectivity index (χ3n) is 6.76. The number of aromatic amines is 1. The molecule has 1 aromatic heterocycles. The van der Waals surface area contributed by atoms with Crippen LogP contribution in [0.1, 0.15) is 37.2 Å². The summed E-state index contributed by atoms with van der Waals surface area (Å²) in [4.78, 5) is 15.4. The van der Waals surface area contributed by atoms with Crippen molar-refractivity contribution in [2.24, 2.45) is 17.7 Å². The summed E-state index contributed by atoms with van der Waals surface area (Å²) in [5.74, 6) is 4.44. The van der Waals surface area contributed by atoms with Crippen molar-refractivity contribution in [3.05, 3.63) is 59.4 Å². The van der Waals surface area contributed by atoms with Gasteiger partial charge in [-0.1, -0.05) is 0 Å². The molecule has 32 heavy (non-hydrogen) atoms. The third-order valence-corrected chi connectivity index (χ3v) is 6.76. The van der Waals surface area contributed by atoms with Gasteiger partial charge in [-0.05, 0) is 84.9 Å². The Kier molecular flexibility index (Phi) is 5.43. The summed E-state index contributed by atoms with van der Waals surface area (Å²) < 4.78 is 41.9. The number of aromatic nitrogens is 1. The van der Waals surface area contributed by atoms with Crippen molar-refractivity contribution < 1.29 is 18.0 Å². The Hall–Kier alpha value is -2.84. The molecule has 0 unspecified atom stereocenters. The molecule has 1 atom stereocenters. The molecular formula is C24H25F3N4O. The SMILES string of the molecule is NN[C@H](C(=O)NCC1CC(c2c(-c3ccc(F)cc3)[nH]c3c(F)cc(F)cc23)C1)C1CC1. The molecule has 5 N–H and O–H groups in total. The molecule has 8 heteroatoms. The molecule has 3 aromatic rings. The van der Waals surface area contributed by atoms with E-state index in [1.807, 2.05) is 0 Å². The summed E-state index contributed by atoms with van der Waals surface area (Å²) in [6.45, 7) is 0.539. The predicted octanol–water partition coefficient (Wildman–Crippen LogP) is 4.10. The maximum atomic E-state index is 14.5. The van der Waals surface area contributed by atoms with Crippen LogP contribution in [0.15, 0.2) is 36.4 Å². The predicted molar refractivity (Wildman–Crippen MR) is 116 cm³/mol. The minimum absolute atomic E-state index is 0.0818. The Morgan fingerprint density at radius 1 is 1.09 bits per heavy atom. The van der Waals surface area contributed by atoms with Gasteiger partial charge in [0.15, 0.2) is 0 Å². The summed E-state index contributed by atoms with van der Waals surface area (Å²) in [7, 11) is 0. The van der Waals surface area contributed by atoms with Crippen molar-refractivity contribution >= 4 is 16.8 Å². The van der Waals surface area contributed by atoms with Crippen LogP contribution in [0.4, 0.5) is 13.2 Å². The number of fused-ring (bicyclic) bond motifs is 1. The van der Waals surface area contributed by atoms with Gasteiger partial charge in [-0.2, -0.15) is 0 Å². The molecule has 2 saturated carbocycles. The van der Waals surface area contributed by atoms with Gasteiger partial charge in [0.2, 0.25) is 5.91 Å². The van der Waals surface area contributed by atoms with Crippen molar-refractivity contribution in [3.63, 3.8) is 0 Å². The van der Waals surface area contributed by atoms with Gasteiger partial charge >= 0.3 is 0 Å². The number of rotatable bonds is 7. The summed E-state index contributed by atoms with van der Waals surface area (Å²) in [5.41, 5.74) is 5.09. The van der Waals surface area contributed by atoms with E-state index in [9.17, 15) is 18.0 Å². The highest BCUT2D eigenvalue weighted by molar-refractivity contribution is 5.92. The largest absolute Gasteiger partial charge is 0.354 e. The number of benzene rings is 2. The minimum Gasteiger partial charge on any atom is -0.354 e. The first-order valence-electron chi connectivity index (χ1n) is 10.9. The Bertz CT molecular complexity index is 1150.